The predicted molar refractivity (Wildman–Crippen MR) is 88.7 cm³/mol. The maximum absolute atomic E-state index is 12.5. The van der Waals surface area contributed by atoms with E-state index in [9.17, 15) is 4.79 Å². The highest BCUT2D eigenvalue weighted by molar-refractivity contribution is 5.83. The van der Waals surface area contributed by atoms with E-state index in [-0.39, 0.29) is 18.4 Å². The molecule has 0 saturated heterocycles. The second kappa shape index (κ2) is 7.08. The summed E-state index contributed by atoms with van der Waals surface area (Å²) in [6.45, 7) is 2.25. The van der Waals surface area contributed by atoms with Crippen molar-refractivity contribution in [2.75, 3.05) is 7.11 Å². The predicted octanol–water partition coefficient (Wildman–Crippen LogP) is 1.94. The number of hydrogen-bond acceptors (Lipinski definition) is 5. The van der Waals surface area contributed by atoms with Crippen molar-refractivity contribution in [2.45, 2.75) is 25.8 Å². The molecule has 0 bridgehead atoms. The Morgan fingerprint density at radius 1 is 1.21 bits per heavy atom. The lowest BCUT2D eigenvalue weighted by atomic mass is 9.96. The molecule has 0 aliphatic rings. The van der Waals surface area contributed by atoms with Crippen LogP contribution < -0.4 is 10.1 Å². The lowest BCUT2D eigenvalue weighted by Gasteiger charge is -2.14. The van der Waals surface area contributed by atoms with Crippen LogP contribution in [0.3, 0.4) is 0 Å². The lowest BCUT2D eigenvalue weighted by molar-refractivity contribution is -0.122. The molecule has 1 aromatic carbocycles. The zero-order chi connectivity index (χ0) is 16.9. The van der Waals surface area contributed by atoms with Gasteiger partial charge in [0.05, 0.1) is 19.6 Å². The van der Waals surface area contributed by atoms with Crippen LogP contribution in [0.1, 0.15) is 30.7 Å². The number of nitrogens with zero attached hydrogens (tertiary/aromatic N) is 4. The van der Waals surface area contributed by atoms with Gasteiger partial charge in [0.15, 0.2) is 11.5 Å². The van der Waals surface area contributed by atoms with Crippen molar-refractivity contribution >= 4 is 11.6 Å². The Kier molecular flexibility index (Phi) is 4.69. The highest BCUT2D eigenvalue weighted by Crippen LogP contribution is 2.19. The summed E-state index contributed by atoms with van der Waals surface area (Å²) in [5.74, 6) is 0.794. The number of hydrogen-bond donors (Lipinski definition) is 1. The van der Waals surface area contributed by atoms with Crippen LogP contribution in [0, 0.1) is 0 Å². The van der Waals surface area contributed by atoms with Gasteiger partial charge in [0, 0.05) is 6.07 Å². The van der Waals surface area contributed by atoms with Crippen molar-refractivity contribution in [3.05, 3.63) is 53.9 Å². The average Bonchev–Trinajstić information content (AvgIpc) is 3.03. The molecule has 1 N–H and O–H groups in total. The van der Waals surface area contributed by atoms with Gasteiger partial charge in [-0.25, -0.2) is 0 Å². The van der Waals surface area contributed by atoms with Gasteiger partial charge in [0.25, 0.3) is 0 Å². The van der Waals surface area contributed by atoms with Crippen LogP contribution in [-0.2, 0) is 11.3 Å². The summed E-state index contributed by atoms with van der Waals surface area (Å²) in [4.78, 5) is 12.5. The Morgan fingerprint density at radius 2 is 2.00 bits per heavy atom. The third kappa shape index (κ3) is 3.19. The molecule has 1 unspecified atom stereocenters. The van der Waals surface area contributed by atoms with E-state index >= 15 is 0 Å². The van der Waals surface area contributed by atoms with E-state index in [4.69, 9.17) is 4.74 Å². The molecule has 124 valence electrons. The summed E-state index contributed by atoms with van der Waals surface area (Å²) >= 11 is 0. The molecule has 3 rings (SSSR count). The molecule has 1 amide bonds. The van der Waals surface area contributed by atoms with Gasteiger partial charge in [-0.1, -0.05) is 37.3 Å². The Balaban J connectivity index is 1.74. The molecule has 0 spiro atoms. The van der Waals surface area contributed by atoms with Gasteiger partial charge in [-0.15, -0.1) is 15.3 Å². The monoisotopic (exact) mass is 325 g/mol. The molecule has 24 heavy (non-hydrogen) atoms. The number of methoxy groups -OCH3 is 1. The Hall–Kier alpha value is -2.96. The second-order valence-corrected chi connectivity index (χ2v) is 5.35. The molecule has 0 saturated carbocycles. The number of aromatic nitrogens is 4. The van der Waals surface area contributed by atoms with E-state index in [1.165, 1.54) is 0 Å². The summed E-state index contributed by atoms with van der Waals surface area (Å²) in [5, 5.41) is 15.3. The summed E-state index contributed by atoms with van der Waals surface area (Å²) in [7, 11) is 1.55. The summed E-state index contributed by atoms with van der Waals surface area (Å²) in [6, 6.07) is 13.2. The first-order valence-corrected chi connectivity index (χ1v) is 7.81. The molecule has 0 fully saturated rings. The van der Waals surface area contributed by atoms with Crippen LogP contribution in [0.15, 0.2) is 42.5 Å². The zero-order valence-electron chi connectivity index (χ0n) is 13.6. The first kappa shape index (κ1) is 15.9. The standard InChI is InChI=1S/C17H19N5O2/c1-3-13(12-7-5-4-6-8-12)17(23)18-11-15-20-19-14-9-10-16(24-2)21-22(14)15/h4-10,13H,3,11H2,1-2H3,(H,18,23). The molecule has 2 heterocycles. The van der Waals surface area contributed by atoms with Crippen LogP contribution in [-0.4, -0.2) is 32.8 Å². The minimum Gasteiger partial charge on any atom is -0.480 e. The van der Waals surface area contributed by atoms with E-state index in [1.54, 1.807) is 23.8 Å². The molecule has 7 nitrogen and oxygen atoms in total. The molecule has 1 atom stereocenters. The fourth-order valence-electron chi connectivity index (χ4n) is 2.58. The third-order valence-electron chi connectivity index (χ3n) is 3.86. The van der Waals surface area contributed by atoms with Gasteiger partial charge in [-0.3, -0.25) is 4.79 Å². The Bertz CT molecular complexity index is 831. The SMILES string of the molecule is CCC(C(=O)NCc1nnc2ccc(OC)nn12)c1ccccc1. The number of benzene rings is 1. The van der Waals surface area contributed by atoms with Gasteiger partial charge in [0.2, 0.25) is 11.8 Å². The van der Waals surface area contributed by atoms with Crippen molar-refractivity contribution in [1.29, 1.82) is 0 Å². The number of amides is 1. The van der Waals surface area contributed by atoms with Crippen molar-refractivity contribution in [2.24, 2.45) is 0 Å². The second-order valence-electron chi connectivity index (χ2n) is 5.35. The van der Waals surface area contributed by atoms with Crippen molar-refractivity contribution in [3.63, 3.8) is 0 Å². The Morgan fingerprint density at radius 3 is 2.71 bits per heavy atom. The fourth-order valence-corrected chi connectivity index (χ4v) is 2.58. The molecule has 0 radical (unpaired) electrons. The summed E-state index contributed by atoms with van der Waals surface area (Å²) in [6.07, 6.45) is 0.725. The van der Waals surface area contributed by atoms with E-state index in [2.05, 4.69) is 20.6 Å². The van der Waals surface area contributed by atoms with Gasteiger partial charge in [-0.2, -0.15) is 4.52 Å². The fraction of sp³-hybridized carbons (Fsp3) is 0.294. The van der Waals surface area contributed by atoms with Crippen molar-refractivity contribution in [1.82, 2.24) is 25.1 Å². The molecule has 7 heteroatoms. The highest BCUT2D eigenvalue weighted by Gasteiger charge is 2.19. The quantitative estimate of drug-likeness (QED) is 0.749. The smallest absolute Gasteiger partial charge is 0.231 e. The van der Waals surface area contributed by atoms with Crippen LogP contribution in [0.5, 0.6) is 5.88 Å². The normalized spacial score (nSPS) is 12.1. The van der Waals surface area contributed by atoms with Crippen LogP contribution >= 0.6 is 0 Å². The van der Waals surface area contributed by atoms with E-state index in [1.807, 2.05) is 37.3 Å². The first-order chi connectivity index (χ1) is 11.7. The Labute approximate surface area is 139 Å². The van der Waals surface area contributed by atoms with Gasteiger partial charge in [0.1, 0.15) is 0 Å². The molecule has 2 aromatic heterocycles. The van der Waals surface area contributed by atoms with Gasteiger partial charge >= 0.3 is 0 Å². The zero-order valence-corrected chi connectivity index (χ0v) is 13.6. The molecule has 0 aliphatic heterocycles. The number of carbonyl (C=O) groups excluding carboxylic acids is 1. The highest BCUT2D eigenvalue weighted by atomic mass is 16.5. The summed E-state index contributed by atoms with van der Waals surface area (Å²) in [5.41, 5.74) is 1.61. The molecule has 0 aliphatic carbocycles. The third-order valence-corrected chi connectivity index (χ3v) is 3.86. The van der Waals surface area contributed by atoms with Crippen molar-refractivity contribution in [3.8, 4) is 5.88 Å². The van der Waals surface area contributed by atoms with Crippen molar-refractivity contribution < 1.29 is 9.53 Å². The lowest BCUT2D eigenvalue weighted by Crippen LogP contribution is -2.29. The molecular weight excluding hydrogens is 306 g/mol. The van der Waals surface area contributed by atoms with E-state index < -0.39 is 0 Å². The average molecular weight is 325 g/mol. The maximum atomic E-state index is 12.5. The van der Waals surface area contributed by atoms with Crippen LogP contribution in [0.4, 0.5) is 0 Å². The largest absolute Gasteiger partial charge is 0.480 e. The minimum atomic E-state index is -0.187. The maximum Gasteiger partial charge on any atom is 0.231 e. The van der Waals surface area contributed by atoms with E-state index in [0.29, 0.717) is 17.4 Å². The topological polar surface area (TPSA) is 81.4 Å². The van der Waals surface area contributed by atoms with E-state index in [0.717, 1.165) is 12.0 Å². The number of ether oxygens (including phenoxy) is 1. The van der Waals surface area contributed by atoms with Gasteiger partial charge in [-0.05, 0) is 18.1 Å². The van der Waals surface area contributed by atoms with Crippen LogP contribution in [0.25, 0.3) is 5.65 Å². The summed E-state index contributed by atoms with van der Waals surface area (Å²) < 4.78 is 6.68. The van der Waals surface area contributed by atoms with Crippen LogP contribution in [0.2, 0.25) is 0 Å². The number of carbonyl (C=O) groups is 1. The number of rotatable bonds is 6. The molecular formula is C17H19N5O2. The number of nitrogens with one attached hydrogen (secondary N) is 1. The van der Waals surface area contributed by atoms with Gasteiger partial charge < -0.3 is 10.1 Å². The number of fused-ring (bicyclic) bond motifs is 1. The molecule has 3 aromatic rings. The first-order valence-electron chi connectivity index (χ1n) is 7.81. The minimum absolute atomic E-state index is 0.0386.